The first kappa shape index (κ1) is 18.1. The molecule has 7 aromatic carbocycles. The maximum absolute atomic E-state index is 9.28. The van der Waals surface area contributed by atoms with E-state index in [-0.39, 0.29) is 22.6 Å². The summed E-state index contributed by atoms with van der Waals surface area (Å²) < 4.78 is 117. The van der Waals surface area contributed by atoms with Gasteiger partial charge in [-0.05, 0) is 35.4 Å². The summed E-state index contributed by atoms with van der Waals surface area (Å²) in [7, 11) is 0. The minimum Gasteiger partial charge on any atom is -0.307 e. The topological polar surface area (TPSA) is 48.5 Å². The Balaban J connectivity index is 1.37. The summed E-state index contributed by atoms with van der Waals surface area (Å²) in [6.07, 6.45) is 0. The highest BCUT2D eigenvalue weighted by molar-refractivity contribution is 6.23. The Bertz CT molecular complexity index is 3560. The number of para-hydroxylation sites is 3. The maximum Gasteiger partial charge on any atom is 0.238 e. The van der Waals surface area contributed by atoms with Gasteiger partial charge in [-0.3, -0.25) is 4.57 Å². The number of fused-ring (bicyclic) bond motifs is 7. The first-order valence-corrected chi connectivity index (χ1v) is 15.7. The van der Waals surface area contributed by atoms with Gasteiger partial charge in [0.15, 0.2) is 11.6 Å². The molecule has 0 fully saturated rings. The second-order valence-electron chi connectivity index (χ2n) is 11.5. The Morgan fingerprint density at radius 2 is 0.900 bits per heavy atom. The minimum atomic E-state index is -0.656. The summed E-state index contributed by atoms with van der Waals surface area (Å²) >= 11 is 0. The van der Waals surface area contributed by atoms with Gasteiger partial charge in [-0.1, -0.05) is 151 Å². The van der Waals surface area contributed by atoms with E-state index in [1.54, 1.807) is 4.57 Å². The zero-order chi connectivity index (χ0) is 44.3. The average molecular weight is 653 g/mol. The van der Waals surface area contributed by atoms with Gasteiger partial charge < -0.3 is 4.57 Å². The van der Waals surface area contributed by atoms with Crippen molar-refractivity contribution in [2.45, 2.75) is 0 Å². The molecule has 0 radical (unpaired) electrons. The van der Waals surface area contributed by atoms with Gasteiger partial charge in [0, 0.05) is 38.4 Å². The standard InChI is InChI=1S/C45H29N5/c1-4-14-30(15-5-1)31-24-26-33(27-25-31)44-46-43(32-16-6-2-7-17-32)47-45(48-44)50-40-23-13-11-21-36(40)38-29-28-37-35-20-10-12-22-39(35)49(41(37)42(38)50)34-18-8-3-9-19-34/h1-29H/i1D,2D,4D,5D,6D,7D,14D,16D,17D,24D,25D,26D,27D. The fraction of sp³-hybridized carbons (Fsp3) is 0. The first-order chi connectivity index (χ1) is 30.2. The molecule has 0 aliphatic heterocycles. The van der Waals surface area contributed by atoms with Gasteiger partial charge in [0.05, 0.1) is 39.9 Å². The van der Waals surface area contributed by atoms with Crippen molar-refractivity contribution in [3.8, 4) is 45.5 Å². The molecule has 3 aromatic heterocycles. The number of rotatable bonds is 5. The van der Waals surface area contributed by atoms with E-state index in [0.29, 0.717) is 11.0 Å². The molecule has 0 saturated heterocycles. The lowest BCUT2D eigenvalue weighted by Gasteiger charge is -2.13. The van der Waals surface area contributed by atoms with Crippen LogP contribution in [0, 0.1) is 0 Å². The third-order valence-electron chi connectivity index (χ3n) is 8.70. The fourth-order valence-electron chi connectivity index (χ4n) is 6.58. The smallest absolute Gasteiger partial charge is 0.238 e. The van der Waals surface area contributed by atoms with E-state index in [1.165, 1.54) is 0 Å². The highest BCUT2D eigenvalue weighted by Gasteiger charge is 2.23. The first-order valence-electron chi connectivity index (χ1n) is 22.2. The van der Waals surface area contributed by atoms with Gasteiger partial charge in [0.2, 0.25) is 5.95 Å². The lowest BCUT2D eigenvalue weighted by Crippen LogP contribution is -2.07. The van der Waals surface area contributed by atoms with Crippen LogP contribution in [-0.4, -0.2) is 24.1 Å². The molecule has 0 spiro atoms. The summed E-state index contributed by atoms with van der Waals surface area (Å²) in [5, 5.41) is 3.44. The molecule has 50 heavy (non-hydrogen) atoms. The molecule has 3 heterocycles. The van der Waals surface area contributed by atoms with E-state index in [9.17, 15) is 2.74 Å². The van der Waals surface area contributed by atoms with Crippen LogP contribution in [0.25, 0.3) is 89.2 Å². The van der Waals surface area contributed by atoms with Crippen LogP contribution in [0.15, 0.2) is 176 Å². The van der Waals surface area contributed by atoms with Crippen LogP contribution in [0.1, 0.15) is 17.8 Å². The van der Waals surface area contributed by atoms with Gasteiger partial charge in [0.25, 0.3) is 0 Å². The molecule has 0 atom stereocenters. The van der Waals surface area contributed by atoms with Gasteiger partial charge >= 0.3 is 0 Å². The Morgan fingerprint density at radius 1 is 0.380 bits per heavy atom. The lowest BCUT2D eigenvalue weighted by atomic mass is 10.0. The molecule has 0 saturated carbocycles. The van der Waals surface area contributed by atoms with Crippen LogP contribution in [0.2, 0.25) is 0 Å². The van der Waals surface area contributed by atoms with Crippen molar-refractivity contribution >= 4 is 43.6 Å². The quantitative estimate of drug-likeness (QED) is 0.186. The summed E-state index contributed by atoms with van der Waals surface area (Å²) in [4.78, 5) is 14.3. The Labute approximate surface area is 306 Å². The van der Waals surface area contributed by atoms with Gasteiger partial charge in [-0.15, -0.1) is 0 Å². The van der Waals surface area contributed by atoms with Gasteiger partial charge in [-0.25, -0.2) is 4.98 Å². The number of aromatic nitrogens is 5. The summed E-state index contributed by atoms with van der Waals surface area (Å²) in [6.45, 7) is 0. The van der Waals surface area contributed by atoms with Crippen molar-refractivity contribution in [1.29, 1.82) is 0 Å². The second-order valence-corrected chi connectivity index (χ2v) is 11.5. The Kier molecular flexibility index (Phi) is 4.12. The number of benzene rings is 7. The number of nitrogens with zero attached hydrogens (tertiary/aromatic N) is 5. The zero-order valence-electron chi connectivity index (χ0n) is 39.0. The van der Waals surface area contributed by atoms with Gasteiger partial charge in [0.1, 0.15) is 0 Å². The average Bonchev–Trinajstić information content (AvgIpc) is 3.81. The Morgan fingerprint density at radius 3 is 1.58 bits per heavy atom. The summed E-state index contributed by atoms with van der Waals surface area (Å²) in [6, 6.07) is 22.4. The van der Waals surface area contributed by atoms with Crippen LogP contribution in [0.5, 0.6) is 0 Å². The van der Waals surface area contributed by atoms with Gasteiger partial charge in [-0.2, -0.15) is 9.97 Å². The highest BCUT2D eigenvalue weighted by atomic mass is 15.2. The SMILES string of the molecule is [2H]c1cc(-c2c([2H])c([2H])c(-c3nc(-c4c([2H])c([2H])c([2H])c([2H])c4[2H])nc(-n4c5ccccc5c5ccc6c7ccccc7n(-c7ccccc7)c6c54)n3)c([2H])c2[2H])c([2H])c([2H])c1[2H]. The molecule has 10 aromatic rings. The lowest BCUT2D eigenvalue weighted by molar-refractivity contribution is 0.953. The van der Waals surface area contributed by atoms with E-state index in [1.807, 2.05) is 91.0 Å². The largest absolute Gasteiger partial charge is 0.307 e. The minimum absolute atomic E-state index is 0.122. The van der Waals surface area contributed by atoms with E-state index >= 15 is 0 Å². The predicted octanol–water partition coefficient (Wildman–Crippen LogP) is 11.1. The maximum atomic E-state index is 9.28. The van der Waals surface area contributed by atoms with Crippen LogP contribution in [0.3, 0.4) is 0 Å². The molecule has 5 nitrogen and oxygen atoms in total. The highest BCUT2D eigenvalue weighted by Crippen LogP contribution is 2.41. The van der Waals surface area contributed by atoms with E-state index in [4.69, 9.17) is 25.0 Å². The molecule has 0 aliphatic rings. The van der Waals surface area contributed by atoms with Crippen molar-refractivity contribution < 1.29 is 17.8 Å². The van der Waals surface area contributed by atoms with E-state index in [2.05, 4.69) is 9.55 Å². The van der Waals surface area contributed by atoms with Crippen LogP contribution in [-0.2, 0) is 0 Å². The Hall–Kier alpha value is -6.85. The summed E-state index contributed by atoms with van der Waals surface area (Å²) in [5.41, 5.74) is 2.35. The van der Waals surface area contributed by atoms with E-state index in [0.717, 1.165) is 44.3 Å². The van der Waals surface area contributed by atoms with Crippen molar-refractivity contribution in [3.05, 3.63) is 176 Å². The second kappa shape index (κ2) is 11.4. The molecular weight excluding hydrogens is 611 g/mol. The molecule has 5 heteroatoms. The fourth-order valence-corrected chi connectivity index (χ4v) is 6.58. The third kappa shape index (κ3) is 4.45. The molecule has 0 amide bonds. The van der Waals surface area contributed by atoms with Crippen LogP contribution >= 0.6 is 0 Å². The monoisotopic (exact) mass is 652 g/mol. The molecular formula is C45H29N5. The number of hydrogen-bond donors (Lipinski definition) is 0. The molecule has 234 valence electrons. The van der Waals surface area contributed by atoms with Crippen LogP contribution in [0.4, 0.5) is 0 Å². The molecule has 0 unspecified atom stereocenters. The van der Waals surface area contributed by atoms with Crippen molar-refractivity contribution in [3.63, 3.8) is 0 Å². The van der Waals surface area contributed by atoms with Crippen molar-refractivity contribution in [2.24, 2.45) is 0 Å². The molecule has 10 rings (SSSR count). The summed E-state index contributed by atoms with van der Waals surface area (Å²) in [5.74, 6) is -0.933. The van der Waals surface area contributed by atoms with Crippen LogP contribution < -0.4 is 0 Å². The molecule has 0 bridgehead atoms. The molecule has 0 N–H and O–H groups in total. The van der Waals surface area contributed by atoms with E-state index < -0.39 is 95.8 Å². The van der Waals surface area contributed by atoms with Crippen molar-refractivity contribution in [1.82, 2.24) is 24.1 Å². The van der Waals surface area contributed by atoms with Crippen molar-refractivity contribution in [2.75, 3.05) is 0 Å². The molecule has 0 aliphatic carbocycles. The third-order valence-corrected chi connectivity index (χ3v) is 8.70. The number of hydrogen-bond acceptors (Lipinski definition) is 3. The normalized spacial score (nSPS) is 15.2. The zero-order valence-corrected chi connectivity index (χ0v) is 26.0. The predicted molar refractivity (Wildman–Crippen MR) is 205 cm³/mol.